The number of para-hydroxylation sites is 1. The van der Waals surface area contributed by atoms with Gasteiger partial charge in [0.15, 0.2) is 6.61 Å². The Morgan fingerprint density at radius 2 is 1.93 bits per heavy atom. The number of Topliss-reactive ketones (excluding diaryl/α,β-unsaturated/α-hetero) is 1. The lowest BCUT2D eigenvalue weighted by molar-refractivity contribution is 0.0475. The summed E-state index contributed by atoms with van der Waals surface area (Å²) in [6, 6.07) is 14.2. The lowest BCUT2D eigenvalue weighted by atomic mass is 10.1. The van der Waals surface area contributed by atoms with E-state index < -0.39 is 5.97 Å². The highest BCUT2D eigenvalue weighted by Gasteiger charge is 2.17. The van der Waals surface area contributed by atoms with Crippen molar-refractivity contribution in [3.05, 3.63) is 65.9 Å². The molecule has 144 valence electrons. The summed E-state index contributed by atoms with van der Waals surface area (Å²) >= 11 is 0. The topological polar surface area (TPSA) is 77.6 Å². The van der Waals surface area contributed by atoms with Gasteiger partial charge in [-0.2, -0.15) is 0 Å². The van der Waals surface area contributed by atoms with Gasteiger partial charge in [0.1, 0.15) is 12.4 Å². The molecule has 1 N–H and O–H groups in total. The first-order valence-electron chi connectivity index (χ1n) is 9.31. The summed E-state index contributed by atoms with van der Waals surface area (Å²) in [5, 5.41) is 0.816. The number of carbonyl (C=O) groups excluding carboxylic acids is 2. The van der Waals surface area contributed by atoms with Crippen LogP contribution in [0.15, 0.2) is 54.7 Å². The molecule has 0 amide bonds. The van der Waals surface area contributed by atoms with Crippen LogP contribution in [0.2, 0.25) is 0 Å². The van der Waals surface area contributed by atoms with Crippen molar-refractivity contribution < 1.29 is 23.8 Å². The number of aromatic nitrogens is 1. The molecule has 0 spiro atoms. The van der Waals surface area contributed by atoms with Crippen molar-refractivity contribution in [3.63, 3.8) is 0 Å². The second kappa shape index (κ2) is 8.27. The van der Waals surface area contributed by atoms with Gasteiger partial charge < -0.3 is 19.2 Å². The summed E-state index contributed by atoms with van der Waals surface area (Å²) in [5.41, 5.74) is 1.76. The van der Waals surface area contributed by atoms with Crippen LogP contribution in [0.1, 0.15) is 33.6 Å². The van der Waals surface area contributed by atoms with Gasteiger partial charge in [-0.1, -0.05) is 18.2 Å². The van der Waals surface area contributed by atoms with Crippen molar-refractivity contribution in [2.45, 2.75) is 18.9 Å². The zero-order chi connectivity index (χ0) is 19.3. The summed E-state index contributed by atoms with van der Waals surface area (Å²) in [6.45, 7) is 0.983. The summed E-state index contributed by atoms with van der Waals surface area (Å²) in [7, 11) is 0. The number of esters is 1. The first-order valence-corrected chi connectivity index (χ1v) is 9.31. The number of benzene rings is 2. The van der Waals surface area contributed by atoms with E-state index in [0.717, 1.165) is 30.4 Å². The highest BCUT2D eigenvalue weighted by atomic mass is 16.5. The highest BCUT2D eigenvalue weighted by molar-refractivity contribution is 6.09. The van der Waals surface area contributed by atoms with Crippen molar-refractivity contribution in [1.82, 2.24) is 4.98 Å². The molecule has 4 rings (SSSR count). The van der Waals surface area contributed by atoms with Crippen LogP contribution in [0.3, 0.4) is 0 Å². The van der Waals surface area contributed by atoms with Gasteiger partial charge >= 0.3 is 5.97 Å². The number of carbonyl (C=O) groups is 2. The minimum atomic E-state index is -0.543. The van der Waals surface area contributed by atoms with Gasteiger partial charge in [0, 0.05) is 29.3 Å². The summed E-state index contributed by atoms with van der Waals surface area (Å²) in [4.78, 5) is 27.7. The maximum atomic E-state index is 12.4. The number of rotatable bonds is 7. The number of fused-ring (bicyclic) bond motifs is 1. The molecule has 6 heteroatoms. The van der Waals surface area contributed by atoms with Gasteiger partial charge in [0.05, 0.1) is 11.7 Å². The zero-order valence-electron chi connectivity index (χ0n) is 15.4. The fraction of sp³-hybridized carbons (Fsp3) is 0.273. The number of nitrogens with one attached hydrogen (secondary N) is 1. The lowest BCUT2D eigenvalue weighted by Gasteiger charge is -2.11. The average molecular weight is 379 g/mol. The molecule has 0 radical (unpaired) electrons. The van der Waals surface area contributed by atoms with E-state index in [0.29, 0.717) is 23.5 Å². The number of hydrogen-bond donors (Lipinski definition) is 1. The summed E-state index contributed by atoms with van der Waals surface area (Å²) in [5.74, 6) is -0.122. The molecule has 6 nitrogen and oxygen atoms in total. The molecule has 1 fully saturated rings. The van der Waals surface area contributed by atoms with Gasteiger partial charge in [0.25, 0.3) is 0 Å². The molecular formula is C22H21NO5. The number of aromatic amines is 1. The van der Waals surface area contributed by atoms with Crippen molar-refractivity contribution in [2.24, 2.45) is 0 Å². The van der Waals surface area contributed by atoms with E-state index in [2.05, 4.69) is 4.98 Å². The molecule has 0 aliphatic carbocycles. The first-order chi connectivity index (χ1) is 13.7. The van der Waals surface area contributed by atoms with E-state index in [1.54, 1.807) is 30.5 Å². The van der Waals surface area contributed by atoms with E-state index in [1.807, 2.05) is 24.3 Å². The number of hydrogen-bond acceptors (Lipinski definition) is 5. The molecule has 1 saturated heterocycles. The average Bonchev–Trinajstić information content (AvgIpc) is 3.40. The van der Waals surface area contributed by atoms with Crippen LogP contribution in [0.5, 0.6) is 5.75 Å². The molecule has 1 aliphatic rings. The van der Waals surface area contributed by atoms with Gasteiger partial charge in [0.2, 0.25) is 5.78 Å². The molecule has 3 aromatic rings. The Kier molecular flexibility index (Phi) is 5.39. The normalized spacial score (nSPS) is 16.2. The number of ketones is 1. The standard InChI is InChI=1S/C22H21NO5/c24-21(19-12-23-20-6-2-1-5-18(19)20)14-28-22(25)15-7-9-16(10-8-15)27-13-17-4-3-11-26-17/h1-2,5-10,12,17,23H,3-4,11,13-14H2/t17-/m0/s1. The fourth-order valence-electron chi connectivity index (χ4n) is 3.25. The van der Waals surface area contributed by atoms with Crippen LogP contribution in [-0.4, -0.2) is 42.7 Å². The third kappa shape index (κ3) is 4.07. The monoisotopic (exact) mass is 379 g/mol. The van der Waals surface area contributed by atoms with Crippen LogP contribution in [0, 0.1) is 0 Å². The fourth-order valence-corrected chi connectivity index (χ4v) is 3.25. The SMILES string of the molecule is O=C(OCC(=O)c1c[nH]c2ccccc12)c1ccc(OC[C@@H]2CCCO2)cc1. The molecule has 1 aliphatic heterocycles. The minimum Gasteiger partial charge on any atom is -0.491 e. The molecule has 2 aromatic carbocycles. The van der Waals surface area contributed by atoms with Gasteiger partial charge in [-0.3, -0.25) is 4.79 Å². The smallest absolute Gasteiger partial charge is 0.338 e. The maximum Gasteiger partial charge on any atom is 0.338 e. The third-order valence-electron chi connectivity index (χ3n) is 4.77. The van der Waals surface area contributed by atoms with E-state index in [4.69, 9.17) is 14.2 Å². The van der Waals surface area contributed by atoms with Crippen molar-refractivity contribution in [3.8, 4) is 5.75 Å². The predicted molar refractivity (Wildman–Crippen MR) is 104 cm³/mol. The van der Waals surface area contributed by atoms with Crippen molar-refractivity contribution in [1.29, 1.82) is 0 Å². The molecule has 28 heavy (non-hydrogen) atoms. The quantitative estimate of drug-likeness (QED) is 0.499. The Labute approximate surface area is 162 Å². The maximum absolute atomic E-state index is 12.4. The molecule has 0 unspecified atom stereocenters. The molecular weight excluding hydrogens is 358 g/mol. The molecule has 1 atom stereocenters. The van der Waals surface area contributed by atoms with Crippen LogP contribution in [-0.2, 0) is 9.47 Å². The Balaban J connectivity index is 1.31. The largest absolute Gasteiger partial charge is 0.491 e. The third-order valence-corrected chi connectivity index (χ3v) is 4.77. The Morgan fingerprint density at radius 3 is 2.71 bits per heavy atom. The van der Waals surface area contributed by atoms with Crippen molar-refractivity contribution in [2.75, 3.05) is 19.8 Å². The van der Waals surface area contributed by atoms with E-state index in [-0.39, 0.29) is 18.5 Å². The Hall–Kier alpha value is -3.12. The second-order valence-electron chi connectivity index (χ2n) is 6.72. The van der Waals surface area contributed by atoms with E-state index >= 15 is 0 Å². The lowest BCUT2D eigenvalue weighted by Crippen LogP contribution is -2.16. The Bertz CT molecular complexity index is 970. The summed E-state index contributed by atoms with van der Waals surface area (Å²) in [6.07, 6.45) is 3.85. The van der Waals surface area contributed by atoms with Crippen LogP contribution < -0.4 is 4.74 Å². The Morgan fingerprint density at radius 1 is 1.11 bits per heavy atom. The van der Waals surface area contributed by atoms with Gasteiger partial charge in [-0.25, -0.2) is 4.79 Å². The molecule has 0 bridgehead atoms. The zero-order valence-corrected chi connectivity index (χ0v) is 15.4. The van der Waals surface area contributed by atoms with Gasteiger partial charge in [-0.15, -0.1) is 0 Å². The van der Waals surface area contributed by atoms with E-state index in [1.165, 1.54) is 0 Å². The van der Waals surface area contributed by atoms with Crippen LogP contribution in [0.25, 0.3) is 10.9 Å². The van der Waals surface area contributed by atoms with Gasteiger partial charge in [-0.05, 0) is 43.2 Å². The van der Waals surface area contributed by atoms with E-state index in [9.17, 15) is 9.59 Å². The molecule has 1 aromatic heterocycles. The molecule has 0 saturated carbocycles. The predicted octanol–water partition coefficient (Wildman–Crippen LogP) is 3.77. The van der Waals surface area contributed by atoms with Crippen molar-refractivity contribution >= 4 is 22.7 Å². The molecule has 2 heterocycles. The first kappa shape index (κ1) is 18.3. The second-order valence-corrected chi connectivity index (χ2v) is 6.72. The van der Waals surface area contributed by atoms with Crippen LogP contribution >= 0.6 is 0 Å². The summed E-state index contributed by atoms with van der Waals surface area (Å²) < 4.78 is 16.4. The number of H-pyrrole nitrogens is 1. The highest BCUT2D eigenvalue weighted by Crippen LogP contribution is 2.19. The minimum absolute atomic E-state index is 0.139. The number of ether oxygens (including phenoxy) is 3. The van der Waals surface area contributed by atoms with Crippen LogP contribution in [0.4, 0.5) is 0 Å².